The lowest BCUT2D eigenvalue weighted by molar-refractivity contribution is -0.142. The normalized spacial score (nSPS) is 14.5. The van der Waals surface area contributed by atoms with Gasteiger partial charge in [0, 0.05) is 0 Å². The van der Waals surface area contributed by atoms with Gasteiger partial charge in [-0.25, -0.2) is 4.79 Å². The van der Waals surface area contributed by atoms with Gasteiger partial charge in [-0.3, -0.25) is 19.2 Å². The van der Waals surface area contributed by atoms with Crippen molar-refractivity contribution >= 4 is 41.4 Å². The third-order valence-corrected chi connectivity index (χ3v) is 5.55. The van der Waals surface area contributed by atoms with Crippen LogP contribution in [-0.2, 0) is 24.0 Å². The molecule has 0 radical (unpaired) electrons. The molecule has 4 atom stereocenters. The number of carbonyl (C=O) groups excluding carboxylic acids is 4. The molecule has 0 bridgehead atoms. The van der Waals surface area contributed by atoms with Gasteiger partial charge in [-0.05, 0) is 56.6 Å². The van der Waals surface area contributed by atoms with Crippen molar-refractivity contribution < 1.29 is 29.1 Å². The zero-order chi connectivity index (χ0) is 26.3. The summed E-state index contributed by atoms with van der Waals surface area (Å²) in [5.74, 6) is -3.32. The largest absolute Gasteiger partial charge is 0.480 e. The third kappa shape index (κ3) is 13.4. The molecule has 0 aromatic carbocycles. The summed E-state index contributed by atoms with van der Waals surface area (Å²) in [6.45, 7) is 4.13. The van der Waals surface area contributed by atoms with Crippen LogP contribution in [0.1, 0.15) is 52.4 Å². The number of aliphatic carboxylic acids is 1. The van der Waals surface area contributed by atoms with Gasteiger partial charge in [-0.2, -0.15) is 11.8 Å². The number of carbonyl (C=O) groups is 5. The van der Waals surface area contributed by atoms with Crippen molar-refractivity contribution in [1.29, 1.82) is 0 Å². The molecule has 0 saturated heterocycles. The van der Waals surface area contributed by atoms with E-state index in [1.54, 1.807) is 0 Å². The number of amides is 4. The molecule has 0 aliphatic heterocycles. The molecule has 4 unspecified atom stereocenters. The van der Waals surface area contributed by atoms with Crippen molar-refractivity contribution in [1.82, 2.24) is 16.0 Å². The fourth-order valence-corrected chi connectivity index (χ4v) is 3.56. The van der Waals surface area contributed by atoms with Crippen LogP contribution in [0.3, 0.4) is 0 Å². The minimum atomic E-state index is -1.21. The Labute approximate surface area is 204 Å². The Hall–Kier alpha value is -2.38. The molecule has 0 aromatic heterocycles. The smallest absolute Gasteiger partial charge is 0.326 e. The summed E-state index contributed by atoms with van der Waals surface area (Å²) in [6.07, 6.45) is 3.35. The molecule has 0 aromatic rings. The van der Waals surface area contributed by atoms with Crippen molar-refractivity contribution in [3.05, 3.63) is 0 Å². The van der Waals surface area contributed by atoms with Crippen LogP contribution in [0.25, 0.3) is 0 Å². The predicted octanol–water partition coefficient (Wildman–Crippen LogP) is -1.34. The minimum Gasteiger partial charge on any atom is -0.480 e. The van der Waals surface area contributed by atoms with Crippen LogP contribution in [0.4, 0.5) is 0 Å². The van der Waals surface area contributed by atoms with Crippen LogP contribution < -0.4 is 33.2 Å². The predicted molar refractivity (Wildman–Crippen MR) is 131 cm³/mol. The van der Waals surface area contributed by atoms with Crippen molar-refractivity contribution in [2.75, 3.05) is 18.6 Å². The number of carboxylic acids is 1. The van der Waals surface area contributed by atoms with Gasteiger partial charge in [0.15, 0.2) is 0 Å². The van der Waals surface area contributed by atoms with E-state index >= 15 is 0 Å². The molecule has 34 heavy (non-hydrogen) atoms. The number of hydrogen-bond donors (Lipinski definition) is 7. The highest BCUT2D eigenvalue weighted by Gasteiger charge is 2.30. The second kappa shape index (κ2) is 17.1. The number of unbranched alkanes of at least 4 members (excludes halogenated alkanes) is 1. The highest BCUT2D eigenvalue weighted by Crippen LogP contribution is 2.09. The topological polar surface area (TPSA) is 220 Å². The Bertz CT molecular complexity index is 693. The Balaban J connectivity index is 5.42. The molecule has 0 rings (SSSR count). The number of carboxylic acid groups (broad SMARTS) is 1. The van der Waals surface area contributed by atoms with E-state index < -0.39 is 53.8 Å². The van der Waals surface area contributed by atoms with Crippen molar-refractivity contribution in [2.24, 2.45) is 23.1 Å². The monoisotopic (exact) mass is 504 g/mol. The van der Waals surface area contributed by atoms with Crippen molar-refractivity contribution in [3.63, 3.8) is 0 Å². The average Bonchev–Trinajstić information content (AvgIpc) is 2.74. The van der Waals surface area contributed by atoms with E-state index in [2.05, 4.69) is 16.0 Å². The first-order chi connectivity index (χ1) is 15.9. The Morgan fingerprint density at radius 2 is 1.44 bits per heavy atom. The number of rotatable bonds is 18. The summed E-state index contributed by atoms with van der Waals surface area (Å²) in [4.78, 5) is 60.8. The summed E-state index contributed by atoms with van der Waals surface area (Å²) in [6, 6.07) is -4.32. The SMILES string of the molecule is CSCCC(NC(=O)C(N)CC(N)=O)C(=O)NC(CC(C)C)C(=O)NC(CCCCN)C(=O)O. The van der Waals surface area contributed by atoms with Crippen LogP contribution in [0.15, 0.2) is 0 Å². The minimum absolute atomic E-state index is 0.0137. The first-order valence-electron chi connectivity index (χ1n) is 11.3. The average molecular weight is 505 g/mol. The molecule has 0 aliphatic carbocycles. The van der Waals surface area contributed by atoms with Crippen LogP contribution >= 0.6 is 11.8 Å². The quantitative estimate of drug-likeness (QED) is 0.110. The number of thioether (sulfide) groups is 1. The first kappa shape index (κ1) is 31.6. The van der Waals surface area contributed by atoms with E-state index in [4.69, 9.17) is 17.2 Å². The van der Waals surface area contributed by atoms with E-state index in [-0.39, 0.29) is 31.6 Å². The maximum Gasteiger partial charge on any atom is 0.326 e. The van der Waals surface area contributed by atoms with Gasteiger partial charge < -0.3 is 38.3 Å². The van der Waals surface area contributed by atoms with E-state index in [1.165, 1.54) is 11.8 Å². The maximum absolute atomic E-state index is 13.0. The third-order valence-electron chi connectivity index (χ3n) is 4.90. The fraction of sp³-hybridized carbons (Fsp3) is 0.762. The molecule has 0 heterocycles. The summed E-state index contributed by atoms with van der Waals surface area (Å²) < 4.78 is 0. The summed E-state index contributed by atoms with van der Waals surface area (Å²) in [5.41, 5.74) is 16.2. The zero-order valence-electron chi connectivity index (χ0n) is 20.2. The molecule has 10 N–H and O–H groups in total. The molecule has 0 spiro atoms. The standard InChI is InChI=1S/C21H40N6O6S/c1-12(2)10-16(20(31)26-15(21(32)33)6-4-5-8-22)27-19(30)14(7-9-34-3)25-18(29)13(23)11-17(24)28/h12-16H,4-11,22-23H2,1-3H3,(H2,24,28)(H,25,29)(H,26,31)(H,27,30)(H,32,33). The molecule has 0 fully saturated rings. The highest BCUT2D eigenvalue weighted by molar-refractivity contribution is 7.98. The van der Waals surface area contributed by atoms with Gasteiger partial charge in [-0.1, -0.05) is 13.8 Å². The van der Waals surface area contributed by atoms with E-state index in [9.17, 15) is 29.1 Å². The molecular weight excluding hydrogens is 464 g/mol. The van der Waals surface area contributed by atoms with Gasteiger partial charge in [0.2, 0.25) is 23.6 Å². The van der Waals surface area contributed by atoms with Crippen LogP contribution in [0.2, 0.25) is 0 Å². The molecule has 0 saturated carbocycles. The van der Waals surface area contributed by atoms with Crippen LogP contribution in [0, 0.1) is 5.92 Å². The van der Waals surface area contributed by atoms with E-state index in [1.807, 2.05) is 20.1 Å². The molecule has 12 nitrogen and oxygen atoms in total. The van der Waals surface area contributed by atoms with Crippen molar-refractivity contribution in [2.45, 2.75) is 76.5 Å². The van der Waals surface area contributed by atoms with Gasteiger partial charge in [0.1, 0.15) is 18.1 Å². The lowest BCUT2D eigenvalue weighted by Gasteiger charge is -2.26. The number of nitrogens with two attached hydrogens (primary N) is 3. The number of nitrogens with one attached hydrogen (secondary N) is 3. The van der Waals surface area contributed by atoms with E-state index in [0.29, 0.717) is 25.1 Å². The second-order valence-corrected chi connectivity index (χ2v) is 9.48. The van der Waals surface area contributed by atoms with Gasteiger partial charge in [-0.15, -0.1) is 0 Å². The van der Waals surface area contributed by atoms with E-state index in [0.717, 1.165) is 0 Å². The Morgan fingerprint density at radius 1 is 0.882 bits per heavy atom. The highest BCUT2D eigenvalue weighted by atomic mass is 32.2. The van der Waals surface area contributed by atoms with Gasteiger partial charge >= 0.3 is 5.97 Å². The molecular formula is C21H40N6O6S. The van der Waals surface area contributed by atoms with Gasteiger partial charge in [0.25, 0.3) is 0 Å². The molecule has 13 heteroatoms. The zero-order valence-corrected chi connectivity index (χ0v) is 21.0. The number of primary amides is 1. The van der Waals surface area contributed by atoms with Gasteiger partial charge in [0.05, 0.1) is 12.5 Å². The summed E-state index contributed by atoms with van der Waals surface area (Å²) in [5, 5.41) is 17.1. The lowest BCUT2D eigenvalue weighted by atomic mass is 10.0. The Kier molecular flexibility index (Phi) is 15.9. The number of hydrogen-bond acceptors (Lipinski definition) is 8. The maximum atomic E-state index is 13.0. The molecule has 196 valence electrons. The van der Waals surface area contributed by atoms with Crippen LogP contribution in [0.5, 0.6) is 0 Å². The second-order valence-electron chi connectivity index (χ2n) is 8.49. The first-order valence-corrected chi connectivity index (χ1v) is 12.7. The summed E-state index contributed by atoms with van der Waals surface area (Å²) in [7, 11) is 0. The lowest BCUT2D eigenvalue weighted by Crippen LogP contribution is -2.57. The Morgan fingerprint density at radius 3 is 1.94 bits per heavy atom. The van der Waals surface area contributed by atoms with Crippen molar-refractivity contribution in [3.8, 4) is 0 Å². The summed E-state index contributed by atoms with van der Waals surface area (Å²) >= 11 is 1.46. The molecule has 4 amide bonds. The fourth-order valence-electron chi connectivity index (χ4n) is 3.09. The molecule has 0 aliphatic rings. The van der Waals surface area contributed by atoms with Crippen LogP contribution in [-0.4, -0.2) is 77.4 Å².